The third-order valence-electron chi connectivity index (χ3n) is 4.73. The first-order valence-corrected chi connectivity index (χ1v) is 10.8. The average molecular weight is 439 g/mol. The van der Waals surface area contributed by atoms with Gasteiger partial charge in [-0.25, -0.2) is 8.42 Å². The van der Waals surface area contributed by atoms with E-state index in [1.807, 2.05) is 0 Å². The second-order valence-corrected chi connectivity index (χ2v) is 8.73. The number of nitrogens with one attached hydrogen (secondary N) is 1. The highest BCUT2D eigenvalue weighted by molar-refractivity contribution is 7.92. The summed E-state index contributed by atoms with van der Waals surface area (Å²) < 4.78 is 32.4. The summed E-state index contributed by atoms with van der Waals surface area (Å²) in [5, 5.41) is 2.71. The molecule has 0 aromatic heterocycles. The monoisotopic (exact) mass is 438 g/mol. The summed E-state index contributed by atoms with van der Waals surface area (Å²) in [6, 6.07) is 19.0. The molecule has 0 spiro atoms. The first-order chi connectivity index (χ1) is 14.7. The fourth-order valence-corrected chi connectivity index (χ4v) is 4.18. The predicted molar refractivity (Wildman–Crippen MR) is 119 cm³/mol. The van der Waals surface area contributed by atoms with Crippen LogP contribution in [0.25, 0.3) is 0 Å². The van der Waals surface area contributed by atoms with Gasteiger partial charge in [0.1, 0.15) is 5.75 Å². The highest BCUT2D eigenvalue weighted by Crippen LogP contribution is 2.30. The first-order valence-electron chi connectivity index (χ1n) is 9.38. The van der Waals surface area contributed by atoms with Gasteiger partial charge in [0.05, 0.1) is 17.7 Å². The molecule has 160 valence electrons. The number of nitrogens with zero attached hydrogens (tertiary/aromatic N) is 1. The number of rotatable bonds is 7. The molecular formula is C23H22N2O5S. The zero-order chi connectivity index (χ0) is 22.6. The minimum absolute atomic E-state index is 0.0380. The Labute approximate surface area is 181 Å². The number of hydrogen-bond donors (Lipinski definition) is 1. The van der Waals surface area contributed by atoms with Crippen LogP contribution in [0.2, 0.25) is 0 Å². The van der Waals surface area contributed by atoms with Crippen LogP contribution in [0.5, 0.6) is 5.75 Å². The normalized spacial score (nSPS) is 10.9. The molecule has 0 heterocycles. The van der Waals surface area contributed by atoms with Crippen molar-refractivity contribution in [1.29, 1.82) is 0 Å². The van der Waals surface area contributed by atoms with Crippen LogP contribution in [0.1, 0.15) is 27.6 Å². The van der Waals surface area contributed by atoms with E-state index in [1.54, 1.807) is 48.5 Å². The van der Waals surface area contributed by atoms with E-state index in [2.05, 4.69) is 5.32 Å². The smallest absolute Gasteiger partial charge is 0.264 e. The maximum absolute atomic E-state index is 13.0. The summed E-state index contributed by atoms with van der Waals surface area (Å²) in [4.78, 5) is 24.1. The van der Waals surface area contributed by atoms with Gasteiger partial charge in [0.2, 0.25) is 0 Å². The predicted octanol–water partition coefficient (Wildman–Crippen LogP) is 3.98. The van der Waals surface area contributed by atoms with E-state index in [0.717, 1.165) is 4.31 Å². The maximum Gasteiger partial charge on any atom is 0.264 e. The number of carbonyl (C=O) groups is 2. The topological polar surface area (TPSA) is 92.8 Å². The van der Waals surface area contributed by atoms with E-state index in [9.17, 15) is 18.0 Å². The Kier molecular flexibility index (Phi) is 6.41. The zero-order valence-corrected chi connectivity index (χ0v) is 18.1. The zero-order valence-electron chi connectivity index (χ0n) is 17.3. The van der Waals surface area contributed by atoms with Crippen LogP contribution >= 0.6 is 0 Å². The standard InChI is InChI=1S/C23H22N2O5S/c1-16(26)18-7-6-8-19(15-18)24-23(27)17-11-13-20(14-12-17)31(28,29)25(2)21-9-4-5-10-22(21)30-3/h4-15H,1-3H3,(H,24,27). The summed E-state index contributed by atoms with van der Waals surface area (Å²) in [6.07, 6.45) is 0. The number of ketones is 1. The van der Waals surface area contributed by atoms with Crippen LogP contribution in [-0.4, -0.2) is 34.3 Å². The molecule has 0 aliphatic heterocycles. The molecular weight excluding hydrogens is 416 g/mol. The second-order valence-electron chi connectivity index (χ2n) is 6.76. The number of carbonyl (C=O) groups excluding carboxylic acids is 2. The van der Waals surface area contributed by atoms with Gasteiger partial charge in [0.15, 0.2) is 5.78 Å². The third kappa shape index (κ3) is 4.75. The molecule has 0 radical (unpaired) electrons. The molecule has 0 unspecified atom stereocenters. The van der Waals surface area contributed by atoms with Crippen molar-refractivity contribution in [1.82, 2.24) is 0 Å². The summed E-state index contributed by atoms with van der Waals surface area (Å²) in [7, 11) is -0.946. The Morgan fingerprint density at radius 2 is 1.58 bits per heavy atom. The van der Waals surface area contributed by atoms with Gasteiger partial charge in [-0.15, -0.1) is 0 Å². The second kappa shape index (κ2) is 9.01. The van der Waals surface area contributed by atoms with Crippen molar-refractivity contribution in [2.45, 2.75) is 11.8 Å². The molecule has 0 aliphatic carbocycles. The highest BCUT2D eigenvalue weighted by Gasteiger charge is 2.24. The number of para-hydroxylation sites is 2. The third-order valence-corrected chi connectivity index (χ3v) is 6.51. The van der Waals surface area contributed by atoms with Crippen LogP contribution in [0, 0.1) is 0 Å². The van der Waals surface area contributed by atoms with Gasteiger partial charge < -0.3 is 10.1 Å². The van der Waals surface area contributed by atoms with Crippen molar-refractivity contribution >= 4 is 33.1 Å². The number of amides is 1. The van der Waals surface area contributed by atoms with Crippen molar-refractivity contribution in [2.75, 3.05) is 23.8 Å². The number of benzene rings is 3. The average Bonchev–Trinajstić information content (AvgIpc) is 2.78. The van der Waals surface area contributed by atoms with E-state index < -0.39 is 15.9 Å². The van der Waals surface area contributed by atoms with Crippen LogP contribution in [0.15, 0.2) is 77.7 Å². The molecule has 8 heteroatoms. The minimum atomic E-state index is -3.86. The molecule has 0 atom stereocenters. The van der Waals surface area contributed by atoms with Crippen molar-refractivity contribution in [3.8, 4) is 5.75 Å². The number of hydrogen-bond acceptors (Lipinski definition) is 5. The van der Waals surface area contributed by atoms with Crippen LogP contribution < -0.4 is 14.4 Å². The molecule has 0 bridgehead atoms. The van der Waals surface area contributed by atoms with Crippen molar-refractivity contribution in [3.05, 3.63) is 83.9 Å². The molecule has 7 nitrogen and oxygen atoms in total. The number of methoxy groups -OCH3 is 1. The van der Waals surface area contributed by atoms with E-state index in [-0.39, 0.29) is 16.2 Å². The lowest BCUT2D eigenvalue weighted by Gasteiger charge is -2.21. The Bertz CT molecular complexity index is 1220. The fraction of sp³-hybridized carbons (Fsp3) is 0.130. The Morgan fingerprint density at radius 3 is 2.23 bits per heavy atom. The number of Topliss-reactive ketones (excluding diaryl/α,β-unsaturated/α-hetero) is 1. The van der Waals surface area contributed by atoms with Gasteiger partial charge >= 0.3 is 0 Å². The van der Waals surface area contributed by atoms with Crippen LogP contribution in [-0.2, 0) is 10.0 Å². The minimum Gasteiger partial charge on any atom is -0.495 e. The van der Waals surface area contributed by atoms with Gasteiger partial charge in [0, 0.05) is 23.9 Å². The van der Waals surface area contributed by atoms with Gasteiger partial charge in [-0.3, -0.25) is 13.9 Å². The highest BCUT2D eigenvalue weighted by atomic mass is 32.2. The summed E-state index contributed by atoms with van der Waals surface area (Å²) in [5.74, 6) is -0.0927. The Morgan fingerprint density at radius 1 is 0.903 bits per heavy atom. The molecule has 0 saturated heterocycles. The van der Waals surface area contributed by atoms with E-state index >= 15 is 0 Å². The molecule has 31 heavy (non-hydrogen) atoms. The lowest BCUT2D eigenvalue weighted by atomic mass is 10.1. The van der Waals surface area contributed by atoms with E-state index in [1.165, 1.54) is 45.3 Å². The van der Waals surface area contributed by atoms with Gasteiger partial charge in [-0.05, 0) is 55.5 Å². The number of sulfonamides is 1. The van der Waals surface area contributed by atoms with Gasteiger partial charge in [0.25, 0.3) is 15.9 Å². The largest absolute Gasteiger partial charge is 0.495 e. The molecule has 3 rings (SSSR count). The van der Waals surface area contributed by atoms with Crippen LogP contribution in [0.3, 0.4) is 0 Å². The number of ether oxygens (including phenoxy) is 1. The van der Waals surface area contributed by atoms with Crippen molar-refractivity contribution < 1.29 is 22.7 Å². The lowest BCUT2D eigenvalue weighted by molar-refractivity contribution is 0.101. The fourth-order valence-electron chi connectivity index (χ4n) is 2.97. The van der Waals surface area contributed by atoms with Crippen molar-refractivity contribution in [3.63, 3.8) is 0 Å². The van der Waals surface area contributed by atoms with Crippen molar-refractivity contribution in [2.24, 2.45) is 0 Å². The maximum atomic E-state index is 13.0. The SMILES string of the molecule is COc1ccccc1N(C)S(=O)(=O)c1ccc(C(=O)Nc2cccc(C(C)=O)c2)cc1. The Hall–Kier alpha value is -3.65. The molecule has 1 N–H and O–H groups in total. The molecule has 0 aliphatic rings. The molecule has 3 aromatic carbocycles. The summed E-state index contributed by atoms with van der Waals surface area (Å²) in [5.41, 5.74) is 1.65. The van der Waals surface area contributed by atoms with Gasteiger partial charge in [-0.1, -0.05) is 24.3 Å². The molecule has 0 saturated carbocycles. The van der Waals surface area contributed by atoms with E-state index in [4.69, 9.17) is 4.74 Å². The van der Waals surface area contributed by atoms with Crippen LogP contribution in [0.4, 0.5) is 11.4 Å². The molecule has 1 amide bonds. The van der Waals surface area contributed by atoms with E-state index in [0.29, 0.717) is 22.7 Å². The summed E-state index contributed by atoms with van der Waals surface area (Å²) in [6.45, 7) is 1.45. The van der Waals surface area contributed by atoms with Gasteiger partial charge in [-0.2, -0.15) is 0 Å². The molecule has 0 fully saturated rings. The first kappa shape index (κ1) is 22.0. The Balaban J connectivity index is 1.81. The number of anilines is 2. The summed E-state index contributed by atoms with van der Waals surface area (Å²) >= 11 is 0. The molecule has 3 aromatic rings. The lowest BCUT2D eigenvalue weighted by Crippen LogP contribution is -2.27. The quantitative estimate of drug-likeness (QED) is 0.564.